The molecular weight excluding hydrogens is 384 g/mol. The Labute approximate surface area is 160 Å². The summed E-state index contributed by atoms with van der Waals surface area (Å²) in [5.41, 5.74) is -4.04. The molecule has 2 N–H and O–H groups in total. The summed E-state index contributed by atoms with van der Waals surface area (Å²) >= 11 is 0. The number of aliphatic hydroxyl groups is 1. The topological polar surface area (TPSA) is 76.0 Å². The minimum absolute atomic E-state index is 0.667. The summed E-state index contributed by atoms with van der Waals surface area (Å²) in [6.45, 7) is 5.47. The highest BCUT2D eigenvalue weighted by Crippen LogP contribution is 2.62. The Hall–Kier alpha value is -1.55. The third-order valence-electron chi connectivity index (χ3n) is 5.63. The second-order valence-electron chi connectivity index (χ2n) is 8.25. The van der Waals surface area contributed by atoms with Gasteiger partial charge in [0, 0.05) is 30.9 Å². The van der Waals surface area contributed by atoms with Crippen LogP contribution in [0, 0.1) is 40.5 Å². The van der Waals surface area contributed by atoms with Crippen LogP contribution in [0.2, 0.25) is 0 Å². The van der Waals surface area contributed by atoms with Gasteiger partial charge >= 0.3 is 0 Å². The molecule has 1 aliphatic rings. The van der Waals surface area contributed by atoms with Crippen LogP contribution >= 0.6 is 0 Å². The monoisotopic (exact) mass is 408 g/mol. The van der Waals surface area contributed by atoms with Crippen LogP contribution in [0.25, 0.3) is 0 Å². The molecule has 1 saturated carbocycles. The molecule has 3 unspecified atom stereocenters. The molecule has 0 aliphatic heterocycles. The van der Waals surface area contributed by atoms with Crippen LogP contribution in [-0.2, 0) is 27.4 Å². The van der Waals surface area contributed by atoms with E-state index in [9.17, 15) is 27.5 Å². The number of aliphatic hydroxyl groups excluding tert-OH is 1. The smallest absolute Gasteiger partial charge is 0.167 e. The zero-order valence-corrected chi connectivity index (χ0v) is 16.3. The third-order valence-corrected chi connectivity index (χ3v) is 5.63. The molecule has 1 aromatic carbocycles. The molecule has 1 fully saturated rings. The van der Waals surface area contributed by atoms with Crippen molar-refractivity contribution >= 4 is 5.78 Å². The first kappa shape index (κ1) is 22.7. The molecule has 28 heavy (non-hydrogen) atoms. The number of carbonyl (C=O) groups excluding carboxylic acids is 1. The molecule has 1 aromatic rings. The molecule has 0 saturated heterocycles. The third kappa shape index (κ3) is 3.68. The summed E-state index contributed by atoms with van der Waals surface area (Å²) < 4.78 is 61.2. The Morgan fingerprint density at radius 3 is 2.00 bits per heavy atom. The predicted molar refractivity (Wildman–Crippen MR) is 90.3 cm³/mol. The number of rotatable bonds is 8. The van der Waals surface area contributed by atoms with Crippen LogP contribution in [0.5, 0.6) is 0 Å². The summed E-state index contributed by atoms with van der Waals surface area (Å²) in [5, 5.41) is 19.3. The van der Waals surface area contributed by atoms with Crippen LogP contribution in [0.1, 0.15) is 38.8 Å². The van der Waals surface area contributed by atoms with Crippen LogP contribution in [0.15, 0.2) is 0 Å². The van der Waals surface area contributed by atoms with E-state index in [0.717, 1.165) is 7.11 Å². The average Bonchev–Trinajstić information content (AvgIpc) is 3.21. The second-order valence-corrected chi connectivity index (χ2v) is 8.25. The van der Waals surface area contributed by atoms with Crippen molar-refractivity contribution < 1.29 is 42.3 Å². The highest BCUT2D eigenvalue weighted by molar-refractivity contribution is 5.87. The van der Waals surface area contributed by atoms with Crippen molar-refractivity contribution in [3.8, 4) is 0 Å². The lowest BCUT2D eigenvalue weighted by atomic mass is 9.93. The molecule has 158 valence electrons. The van der Waals surface area contributed by atoms with Crippen molar-refractivity contribution in [2.24, 2.45) is 17.3 Å². The van der Waals surface area contributed by atoms with Crippen LogP contribution in [-0.4, -0.2) is 35.0 Å². The number of ether oxygens (including phenoxy) is 1. The lowest BCUT2D eigenvalue weighted by molar-refractivity contribution is -0.336. The molecule has 5 nitrogen and oxygen atoms in total. The summed E-state index contributed by atoms with van der Waals surface area (Å²) in [4.78, 5) is 16.9. The average molecular weight is 408 g/mol. The molecule has 3 atom stereocenters. The van der Waals surface area contributed by atoms with Gasteiger partial charge in [-0.15, -0.1) is 0 Å². The van der Waals surface area contributed by atoms with Crippen molar-refractivity contribution in [2.45, 2.75) is 52.4 Å². The molecule has 0 radical (unpaired) electrons. The number of methoxy groups -OCH3 is 1. The first-order valence-corrected chi connectivity index (χ1v) is 8.68. The van der Waals surface area contributed by atoms with E-state index in [2.05, 4.69) is 9.62 Å². The molecule has 9 heteroatoms. The van der Waals surface area contributed by atoms with Crippen molar-refractivity contribution in [3.63, 3.8) is 0 Å². The standard InChI is InChI=1S/C19H24F4O5/c1-18(2)11(12(18)17(25)19(3,4)28-26)10(24)6-8-13(20)15(22)9(7-27-5)16(23)14(8)21/h11-12,17,25-26H,6-7H2,1-5H3. The first-order chi connectivity index (χ1) is 12.8. The molecular formula is C19H24F4O5. The van der Waals surface area contributed by atoms with E-state index in [-0.39, 0.29) is 0 Å². The van der Waals surface area contributed by atoms with Gasteiger partial charge in [0.05, 0.1) is 18.3 Å². The van der Waals surface area contributed by atoms with Gasteiger partial charge in [-0.1, -0.05) is 13.8 Å². The fraction of sp³-hybridized carbons (Fsp3) is 0.632. The highest BCUT2D eigenvalue weighted by atomic mass is 19.2. The maximum atomic E-state index is 14.3. The van der Waals surface area contributed by atoms with Gasteiger partial charge in [-0.25, -0.2) is 22.4 Å². The van der Waals surface area contributed by atoms with E-state index in [1.54, 1.807) is 13.8 Å². The van der Waals surface area contributed by atoms with E-state index in [1.165, 1.54) is 13.8 Å². The Balaban J connectivity index is 2.31. The molecule has 0 heterocycles. The zero-order chi connectivity index (χ0) is 21.6. The highest BCUT2D eigenvalue weighted by Gasteiger charge is 2.66. The minimum atomic E-state index is -1.64. The molecule has 0 amide bonds. The number of benzene rings is 1. The maximum absolute atomic E-state index is 14.3. The summed E-state index contributed by atoms with van der Waals surface area (Å²) in [5.74, 6) is -8.69. The number of hydrogen-bond donors (Lipinski definition) is 2. The van der Waals surface area contributed by atoms with Crippen molar-refractivity contribution in [1.82, 2.24) is 0 Å². The van der Waals surface area contributed by atoms with Crippen molar-refractivity contribution in [3.05, 3.63) is 34.4 Å². The minimum Gasteiger partial charge on any atom is -0.390 e. The maximum Gasteiger partial charge on any atom is 0.167 e. The van der Waals surface area contributed by atoms with E-state index < -0.39 is 82.2 Å². The van der Waals surface area contributed by atoms with Gasteiger partial charge in [0.15, 0.2) is 23.3 Å². The van der Waals surface area contributed by atoms with Gasteiger partial charge in [0.2, 0.25) is 0 Å². The number of carbonyl (C=O) groups is 1. The van der Waals surface area contributed by atoms with E-state index in [0.29, 0.717) is 0 Å². The van der Waals surface area contributed by atoms with Crippen LogP contribution in [0.4, 0.5) is 17.6 Å². The molecule has 2 rings (SSSR count). The van der Waals surface area contributed by atoms with Gasteiger partial charge in [-0.2, -0.15) is 0 Å². The van der Waals surface area contributed by atoms with E-state index >= 15 is 0 Å². The van der Waals surface area contributed by atoms with Crippen molar-refractivity contribution in [2.75, 3.05) is 7.11 Å². The van der Waals surface area contributed by atoms with Gasteiger partial charge in [-0.05, 0) is 19.3 Å². The number of ketones is 1. The van der Waals surface area contributed by atoms with Gasteiger partial charge in [0.25, 0.3) is 0 Å². The Morgan fingerprint density at radius 1 is 1.11 bits per heavy atom. The number of hydrogen-bond acceptors (Lipinski definition) is 5. The largest absolute Gasteiger partial charge is 0.390 e. The lowest BCUT2D eigenvalue weighted by Crippen LogP contribution is -2.41. The molecule has 1 aliphatic carbocycles. The van der Waals surface area contributed by atoms with Gasteiger partial charge in [-0.3, -0.25) is 10.1 Å². The molecule has 0 spiro atoms. The number of halogens is 4. The summed E-state index contributed by atoms with van der Waals surface area (Å²) in [6.07, 6.45) is -2.13. The second kappa shape index (κ2) is 7.70. The van der Waals surface area contributed by atoms with Gasteiger partial charge in [0.1, 0.15) is 11.4 Å². The zero-order valence-electron chi connectivity index (χ0n) is 16.3. The first-order valence-electron chi connectivity index (χ1n) is 8.68. The van der Waals surface area contributed by atoms with Crippen LogP contribution < -0.4 is 0 Å². The molecule has 0 bridgehead atoms. The van der Waals surface area contributed by atoms with E-state index in [4.69, 9.17) is 5.26 Å². The normalized spacial score (nSPS) is 22.2. The van der Waals surface area contributed by atoms with Gasteiger partial charge < -0.3 is 9.84 Å². The van der Waals surface area contributed by atoms with Crippen molar-refractivity contribution in [1.29, 1.82) is 0 Å². The SMILES string of the molecule is COCc1c(F)c(F)c(CC(=O)C2C(C(O)C(C)(C)OO)C2(C)C)c(F)c1F. The Morgan fingerprint density at radius 2 is 1.57 bits per heavy atom. The quantitative estimate of drug-likeness (QED) is 0.298. The summed E-state index contributed by atoms with van der Waals surface area (Å²) in [6, 6.07) is 0. The summed E-state index contributed by atoms with van der Waals surface area (Å²) in [7, 11) is 1.12. The lowest BCUT2D eigenvalue weighted by Gasteiger charge is -2.28. The predicted octanol–water partition coefficient (Wildman–Crippen LogP) is 3.40. The van der Waals surface area contributed by atoms with E-state index in [1.807, 2.05) is 0 Å². The molecule has 0 aromatic heterocycles. The fourth-order valence-electron chi connectivity index (χ4n) is 3.80. The fourth-order valence-corrected chi connectivity index (χ4v) is 3.80. The van der Waals surface area contributed by atoms with Crippen LogP contribution in [0.3, 0.4) is 0 Å². The Bertz CT molecular complexity index is 749. The Kier molecular flexibility index (Phi) is 6.25. The number of Topliss-reactive ketones (excluding diaryl/α,β-unsaturated/α-hetero) is 1.